The number of aliphatic hydroxyl groups excluding tert-OH is 1. The highest BCUT2D eigenvalue weighted by atomic mass is 16.7. The van der Waals surface area contributed by atoms with E-state index >= 15 is 0 Å². The van der Waals surface area contributed by atoms with Gasteiger partial charge >= 0.3 is 17.6 Å². The Morgan fingerprint density at radius 1 is 0.849 bits per heavy atom. The van der Waals surface area contributed by atoms with Crippen LogP contribution in [0.3, 0.4) is 0 Å². The minimum Gasteiger partial charge on any atom is -0.392 e. The van der Waals surface area contributed by atoms with Crippen LogP contribution >= 0.6 is 0 Å². The van der Waals surface area contributed by atoms with Crippen LogP contribution in [0, 0.1) is 5.92 Å². The smallest absolute Gasteiger partial charge is 0.346 e. The Balaban J connectivity index is 0.948. The normalized spacial score (nSPS) is 22.2. The average Bonchev–Trinajstić information content (AvgIpc) is 3.68. The molecule has 2 fully saturated rings. The Bertz CT molecular complexity index is 2220. The Labute approximate surface area is 305 Å². The van der Waals surface area contributed by atoms with Crippen molar-refractivity contribution in [3.05, 3.63) is 140 Å². The van der Waals surface area contributed by atoms with E-state index in [9.17, 15) is 24.3 Å². The van der Waals surface area contributed by atoms with Gasteiger partial charge in [0.15, 0.2) is 6.29 Å². The maximum absolute atomic E-state index is 12.9. The summed E-state index contributed by atoms with van der Waals surface area (Å²) in [5.74, 6) is -1.83. The molecular formula is C41H40N4O8. The van der Waals surface area contributed by atoms with Gasteiger partial charge in [-0.3, -0.25) is 9.36 Å². The standard InChI is InChI=1S/C41H40N4O8/c1-24-35(22-44-18-16-30(17-19-44)45-34-5-3-2-4-33(34)43-41(45)50)51-40(52-36(24)27-10-8-26(23-46)9-11-27)28-12-6-25(7-13-28)21-42-37(47)29-14-15-31-32(20-29)39(49)53-38(31)48/h2-15,20,24,30,35-36,40,46H,16-19,21-23H2,1H3,(H,42,47)(H,43,50). The van der Waals surface area contributed by atoms with Crippen molar-refractivity contribution in [2.45, 2.75) is 57.5 Å². The minimum atomic E-state index is -0.757. The molecule has 3 N–H and O–H groups in total. The Kier molecular flexibility index (Phi) is 9.52. The Morgan fingerprint density at radius 2 is 1.55 bits per heavy atom. The number of imidazole rings is 1. The van der Waals surface area contributed by atoms with Gasteiger partial charge in [0.1, 0.15) is 0 Å². The zero-order valence-electron chi connectivity index (χ0n) is 29.2. The maximum atomic E-state index is 12.9. The molecular weight excluding hydrogens is 676 g/mol. The molecule has 1 amide bonds. The van der Waals surface area contributed by atoms with Crippen molar-refractivity contribution in [2.24, 2.45) is 5.92 Å². The zero-order valence-corrected chi connectivity index (χ0v) is 29.2. The van der Waals surface area contributed by atoms with Crippen LogP contribution in [-0.4, -0.2) is 63.1 Å². The van der Waals surface area contributed by atoms with Crippen LogP contribution in [0.1, 0.15) is 91.5 Å². The molecule has 5 aromatic rings. The van der Waals surface area contributed by atoms with E-state index in [0.29, 0.717) is 6.54 Å². The summed E-state index contributed by atoms with van der Waals surface area (Å²) in [6.45, 7) is 4.73. The van der Waals surface area contributed by atoms with E-state index < -0.39 is 18.2 Å². The fourth-order valence-corrected chi connectivity index (χ4v) is 7.68. The molecule has 0 saturated carbocycles. The summed E-state index contributed by atoms with van der Waals surface area (Å²) in [6, 6.07) is 27.8. The summed E-state index contributed by atoms with van der Waals surface area (Å²) in [7, 11) is 0. The Hall–Kier alpha value is -5.40. The Morgan fingerprint density at radius 3 is 2.30 bits per heavy atom. The number of cyclic esters (lactones) is 2. The first-order valence-corrected chi connectivity index (χ1v) is 18.0. The number of aliphatic hydroxyl groups is 1. The number of fused-ring (bicyclic) bond motifs is 2. The number of hydrogen-bond acceptors (Lipinski definition) is 9. The molecule has 2 saturated heterocycles. The topological polar surface area (TPSA) is 152 Å². The summed E-state index contributed by atoms with van der Waals surface area (Å²) in [6.07, 6.45) is 0.658. The molecule has 0 bridgehead atoms. The van der Waals surface area contributed by atoms with Gasteiger partial charge in [-0.1, -0.05) is 67.6 Å². The third kappa shape index (κ3) is 6.94. The van der Waals surface area contributed by atoms with Gasteiger partial charge in [0.2, 0.25) is 0 Å². The van der Waals surface area contributed by atoms with Crippen LogP contribution in [0.5, 0.6) is 0 Å². The van der Waals surface area contributed by atoms with Gasteiger partial charge in [-0.15, -0.1) is 0 Å². The first-order chi connectivity index (χ1) is 25.7. The molecule has 53 heavy (non-hydrogen) atoms. The number of nitrogens with zero attached hydrogens (tertiary/aromatic N) is 2. The second-order valence-corrected chi connectivity index (χ2v) is 14.0. The lowest BCUT2D eigenvalue weighted by molar-refractivity contribution is -0.276. The fraction of sp³-hybridized carbons (Fsp3) is 0.317. The molecule has 12 heteroatoms. The molecule has 4 aromatic carbocycles. The first kappa shape index (κ1) is 34.7. The van der Waals surface area contributed by atoms with Crippen LogP contribution in [0.2, 0.25) is 0 Å². The lowest BCUT2D eigenvalue weighted by Gasteiger charge is -2.44. The number of H-pyrrole nitrogens is 1. The van der Waals surface area contributed by atoms with Crippen LogP contribution in [0.25, 0.3) is 11.0 Å². The van der Waals surface area contributed by atoms with Crippen LogP contribution < -0.4 is 11.0 Å². The molecule has 12 nitrogen and oxygen atoms in total. The summed E-state index contributed by atoms with van der Waals surface area (Å²) in [4.78, 5) is 54.8. The van der Waals surface area contributed by atoms with Gasteiger partial charge in [-0.25, -0.2) is 14.4 Å². The fourth-order valence-electron chi connectivity index (χ4n) is 7.68. The second kappa shape index (κ2) is 14.6. The summed E-state index contributed by atoms with van der Waals surface area (Å²) in [5.41, 5.74) is 5.75. The summed E-state index contributed by atoms with van der Waals surface area (Å²) in [5, 5.41) is 12.5. The largest absolute Gasteiger partial charge is 0.392 e. The number of hydrogen-bond donors (Lipinski definition) is 3. The number of ether oxygens (including phenoxy) is 3. The number of carbonyl (C=O) groups is 3. The van der Waals surface area contributed by atoms with E-state index in [0.717, 1.165) is 59.2 Å². The van der Waals surface area contributed by atoms with Gasteiger partial charge in [0.05, 0.1) is 41.0 Å². The van der Waals surface area contributed by atoms with E-state index in [4.69, 9.17) is 9.47 Å². The molecule has 272 valence electrons. The highest BCUT2D eigenvalue weighted by molar-refractivity contribution is 6.15. The number of rotatable bonds is 9. The van der Waals surface area contributed by atoms with Gasteiger partial charge in [-0.05, 0) is 59.9 Å². The summed E-state index contributed by atoms with van der Waals surface area (Å²) < 4.78 is 19.9. The van der Waals surface area contributed by atoms with Crippen molar-refractivity contribution in [1.82, 2.24) is 19.8 Å². The molecule has 3 aliphatic heterocycles. The highest BCUT2D eigenvalue weighted by Crippen LogP contribution is 2.42. The molecule has 0 spiro atoms. The van der Waals surface area contributed by atoms with E-state index in [-0.39, 0.29) is 65.6 Å². The predicted molar refractivity (Wildman–Crippen MR) is 194 cm³/mol. The lowest BCUT2D eigenvalue weighted by atomic mass is 9.89. The molecule has 4 atom stereocenters. The number of aromatic amines is 1. The molecule has 8 rings (SSSR count). The quantitative estimate of drug-likeness (QED) is 0.138. The number of amides is 1. The lowest BCUT2D eigenvalue weighted by Crippen LogP contribution is -2.47. The van der Waals surface area contributed by atoms with Gasteiger partial charge in [0, 0.05) is 49.3 Å². The minimum absolute atomic E-state index is 0.0221. The molecule has 4 heterocycles. The molecule has 3 aliphatic rings. The molecule has 1 aromatic heterocycles. The van der Waals surface area contributed by atoms with E-state index in [1.807, 2.05) is 77.4 Å². The van der Waals surface area contributed by atoms with Crippen LogP contribution in [0.4, 0.5) is 0 Å². The van der Waals surface area contributed by atoms with Crippen LogP contribution in [-0.2, 0) is 27.4 Å². The van der Waals surface area contributed by atoms with Crippen LogP contribution in [0.15, 0.2) is 95.8 Å². The number of para-hydroxylation sites is 2. The predicted octanol–water partition coefficient (Wildman–Crippen LogP) is 5.19. The number of carbonyl (C=O) groups excluding carboxylic acids is 3. The first-order valence-electron chi connectivity index (χ1n) is 18.0. The van der Waals surface area contributed by atoms with Crippen molar-refractivity contribution in [1.29, 1.82) is 0 Å². The van der Waals surface area contributed by atoms with E-state index in [1.165, 1.54) is 18.2 Å². The summed E-state index contributed by atoms with van der Waals surface area (Å²) >= 11 is 0. The number of likely N-dealkylation sites (tertiary alicyclic amines) is 1. The van der Waals surface area contributed by atoms with Crippen molar-refractivity contribution in [2.75, 3.05) is 19.6 Å². The number of nitrogens with one attached hydrogen (secondary N) is 2. The maximum Gasteiger partial charge on any atom is 0.346 e. The van der Waals surface area contributed by atoms with Gasteiger partial charge in [0.25, 0.3) is 5.91 Å². The van der Waals surface area contributed by atoms with Crippen molar-refractivity contribution in [3.63, 3.8) is 0 Å². The monoisotopic (exact) mass is 716 g/mol. The van der Waals surface area contributed by atoms with E-state index in [2.05, 4.69) is 26.9 Å². The highest BCUT2D eigenvalue weighted by Gasteiger charge is 2.40. The van der Waals surface area contributed by atoms with Crippen molar-refractivity contribution >= 4 is 28.9 Å². The number of esters is 2. The molecule has 4 unspecified atom stereocenters. The number of benzene rings is 4. The number of aromatic nitrogens is 2. The number of piperidine rings is 1. The third-order valence-corrected chi connectivity index (χ3v) is 10.7. The third-order valence-electron chi connectivity index (χ3n) is 10.7. The van der Waals surface area contributed by atoms with Gasteiger partial charge < -0.3 is 34.5 Å². The molecule has 0 aliphatic carbocycles. The SMILES string of the molecule is CC1C(CN2CCC(n3c(=O)[nH]c4ccccc43)CC2)OC(c2ccc(CNC(=O)c3ccc4c(c3)C(=O)OC4=O)cc2)OC1c1ccc(CO)cc1. The zero-order chi connectivity index (χ0) is 36.6. The van der Waals surface area contributed by atoms with Crippen molar-refractivity contribution < 1.29 is 33.7 Å². The van der Waals surface area contributed by atoms with E-state index in [1.54, 1.807) is 0 Å². The molecule has 0 radical (unpaired) electrons. The average molecular weight is 717 g/mol. The second-order valence-electron chi connectivity index (χ2n) is 14.0. The van der Waals surface area contributed by atoms with Gasteiger partial charge in [-0.2, -0.15) is 0 Å². The van der Waals surface area contributed by atoms with Crippen molar-refractivity contribution in [3.8, 4) is 0 Å².